The quantitative estimate of drug-likeness (QED) is 0.670. The Bertz CT molecular complexity index is 241. The van der Waals surface area contributed by atoms with E-state index in [1.807, 2.05) is 0 Å². The van der Waals surface area contributed by atoms with Gasteiger partial charge in [-0.3, -0.25) is 0 Å². The van der Waals surface area contributed by atoms with Crippen LogP contribution >= 0.6 is 12.2 Å². The van der Waals surface area contributed by atoms with Gasteiger partial charge in [0.05, 0.1) is 4.99 Å². The summed E-state index contributed by atoms with van der Waals surface area (Å²) < 4.78 is 0. The first-order chi connectivity index (χ1) is 6.81. The van der Waals surface area contributed by atoms with Crippen LogP contribution in [0.15, 0.2) is 0 Å². The van der Waals surface area contributed by atoms with E-state index >= 15 is 0 Å². The first kappa shape index (κ1) is 13.0. The minimum Gasteiger partial charge on any atom is -0.360 e. The number of rotatable bonds is 3. The third-order valence-corrected chi connectivity index (χ3v) is 4.31. The fourth-order valence-corrected chi connectivity index (χ4v) is 2.49. The summed E-state index contributed by atoms with van der Waals surface area (Å²) in [5.74, 6) is 0. The Hall–Kier alpha value is -0.110. The van der Waals surface area contributed by atoms with Crippen molar-refractivity contribution in [3.63, 3.8) is 0 Å². The summed E-state index contributed by atoms with van der Waals surface area (Å²) in [5, 5.41) is 0. The number of hydrogen-bond donors (Lipinski definition) is 0. The van der Waals surface area contributed by atoms with Gasteiger partial charge in [0, 0.05) is 17.5 Å². The van der Waals surface area contributed by atoms with Gasteiger partial charge < -0.3 is 4.90 Å². The second-order valence-electron chi connectivity index (χ2n) is 6.06. The van der Waals surface area contributed by atoms with Crippen LogP contribution in [-0.2, 0) is 0 Å². The normalized spacial score (nSPS) is 26.3. The Morgan fingerprint density at radius 2 is 2.00 bits per heavy atom. The third-order valence-electron chi connectivity index (χ3n) is 3.48. The molecule has 1 heterocycles. The van der Waals surface area contributed by atoms with Gasteiger partial charge in [-0.15, -0.1) is 0 Å². The lowest BCUT2D eigenvalue weighted by Crippen LogP contribution is -2.62. The number of likely N-dealkylation sites (tertiary alicyclic amines) is 1. The van der Waals surface area contributed by atoms with E-state index in [4.69, 9.17) is 12.2 Å². The van der Waals surface area contributed by atoms with E-state index in [0.717, 1.165) is 11.5 Å². The van der Waals surface area contributed by atoms with Crippen LogP contribution in [-0.4, -0.2) is 22.0 Å². The van der Waals surface area contributed by atoms with Crippen molar-refractivity contribution < 1.29 is 0 Å². The topological polar surface area (TPSA) is 3.24 Å². The molecule has 0 amide bonds. The lowest BCUT2D eigenvalue weighted by atomic mass is 9.79. The van der Waals surface area contributed by atoms with Crippen LogP contribution in [0.4, 0.5) is 0 Å². The molecule has 0 spiro atoms. The SMILES string of the molecule is CCCCC1(C)CCN1C(=S)C(C)(C)C. The van der Waals surface area contributed by atoms with Gasteiger partial charge in [0.2, 0.25) is 0 Å². The fraction of sp³-hybridized carbons (Fsp3) is 0.923. The van der Waals surface area contributed by atoms with E-state index in [1.54, 1.807) is 0 Å². The molecule has 1 unspecified atom stereocenters. The van der Waals surface area contributed by atoms with E-state index in [9.17, 15) is 0 Å². The minimum absolute atomic E-state index is 0.142. The van der Waals surface area contributed by atoms with Gasteiger partial charge in [-0.05, 0) is 19.8 Å². The molecule has 0 aromatic rings. The highest BCUT2D eigenvalue weighted by atomic mass is 32.1. The lowest BCUT2D eigenvalue weighted by Gasteiger charge is -2.55. The Morgan fingerprint density at radius 3 is 2.33 bits per heavy atom. The van der Waals surface area contributed by atoms with Crippen LogP contribution in [0.25, 0.3) is 0 Å². The molecule has 1 nitrogen and oxygen atoms in total. The molecule has 0 bridgehead atoms. The first-order valence-corrected chi connectivity index (χ1v) is 6.54. The molecule has 1 rings (SSSR count). The molecular weight excluding hydrogens is 202 g/mol. The van der Waals surface area contributed by atoms with Crippen LogP contribution in [0.5, 0.6) is 0 Å². The zero-order valence-corrected chi connectivity index (χ0v) is 11.7. The van der Waals surface area contributed by atoms with Crippen molar-refractivity contribution >= 4 is 17.2 Å². The summed E-state index contributed by atoms with van der Waals surface area (Å²) in [6.45, 7) is 12.4. The third kappa shape index (κ3) is 2.72. The van der Waals surface area contributed by atoms with Gasteiger partial charge in [0.25, 0.3) is 0 Å². The van der Waals surface area contributed by atoms with Crippen LogP contribution in [0.2, 0.25) is 0 Å². The predicted molar refractivity (Wildman–Crippen MR) is 71.3 cm³/mol. The van der Waals surface area contributed by atoms with Crippen molar-refractivity contribution in [3.8, 4) is 0 Å². The molecule has 1 saturated heterocycles. The van der Waals surface area contributed by atoms with Gasteiger partial charge in [0.1, 0.15) is 0 Å². The predicted octanol–water partition coefficient (Wildman–Crippen LogP) is 4.01. The summed E-state index contributed by atoms with van der Waals surface area (Å²) in [5.41, 5.74) is 0.504. The average molecular weight is 227 g/mol. The van der Waals surface area contributed by atoms with Crippen LogP contribution in [0.1, 0.15) is 60.3 Å². The number of hydrogen-bond acceptors (Lipinski definition) is 1. The van der Waals surface area contributed by atoms with Crippen molar-refractivity contribution in [3.05, 3.63) is 0 Å². The van der Waals surface area contributed by atoms with Gasteiger partial charge >= 0.3 is 0 Å². The molecule has 0 N–H and O–H groups in total. The van der Waals surface area contributed by atoms with Gasteiger partial charge in [-0.25, -0.2) is 0 Å². The Balaban J connectivity index is 2.61. The highest BCUT2D eigenvalue weighted by molar-refractivity contribution is 7.80. The smallest absolute Gasteiger partial charge is 0.0838 e. The van der Waals surface area contributed by atoms with E-state index in [1.165, 1.54) is 25.7 Å². The van der Waals surface area contributed by atoms with Gasteiger partial charge in [0.15, 0.2) is 0 Å². The summed E-state index contributed by atoms with van der Waals surface area (Å²) in [7, 11) is 0. The fourth-order valence-electron chi connectivity index (χ4n) is 2.17. The monoisotopic (exact) mass is 227 g/mol. The van der Waals surface area contributed by atoms with E-state index in [2.05, 4.69) is 39.5 Å². The highest BCUT2D eigenvalue weighted by Crippen LogP contribution is 2.38. The molecule has 0 radical (unpaired) electrons. The first-order valence-electron chi connectivity index (χ1n) is 6.13. The maximum absolute atomic E-state index is 5.59. The summed E-state index contributed by atoms with van der Waals surface area (Å²) in [6.07, 6.45) is 5.20. The van der Waals surface area contributed by atoms with Crippen molar-refractivity contribution in [2.75, 3.05) is 6.54 Å². The molecule has 0 aromatic heterocycles. The molecule has 2 heteroatoms. The number of unbranched alkanes of at least 4 members (excludes halogenated alkanes) is 1. The summed E-state index contributed by atoms with van der Waals surface area (Å²) >= 11 is 5.59. The molecule has 1 atom stereocenters. The zero-order chi connectivity index (χ0) is 11.7. The van der Waals surface area contributed by atoms with Crippen LogP contribution in [0.3, 0.4) is 0 Å². The van der Waals surface area contributed by atoms with Crippen molar-refractivity contribution in [2.24, 2.45) is 5.41 Å². The molecule has 1 aliphatic rings. The van der Waals surface area contributed by atoms with E-state index in [-0.39, 0.29) is 5.41 Å². The molecule has 0 aliphatic carbocycles. The maximum Gasteiger partial charge on any atom is 0.0838 e. The number of nitrogens with zero attached hydrogens (tertiary/aromatic N) is 1. The maximum atomic E-state index is 5.59. The summed E-state index contributed by atoms with van der Waals surface area (Å²) in [4.78, 5) is 3.60. The Labute approximate surface area is 100 Å². The molecule has 0 aromatic carbocycles. The van der Waals surface area contributed by atoms with E-state index < -0.39 is 0 Å². The standard InChI is InChI=1S/C13H25NS/c1-6-7-8-13(5)9-10-14(13)11(15)12(2,3)4/h6-10H2,1-5H3. The molecular formula is C13H25NS. The molecule has 1 fully saturated rings. The van der Waals surface area contributed by atoms with Gasteiger partial charge in [-0.1, -0.05) is 52.8 Å². The Kier molecular flexibility index (Phi) is 3.80. The largest absolute Gasteiger partial charge is 0.360 e. The van der Waals surface area contributed by atoms with Crippen molar-refractivity contribution in [1.29, 1.82) is 0 Å². The van der Waals surface area contributed by atoms with Crippen LogP contribution < -0.4 is 0 Å². The van der Waals surface area contributed by atoms with E-state index in [0.29, 0.717) is 5.54 Å². The lowest BCUT2D eigenvalue weighted by molar-refractivity contribution is 0.0580. The average Bonchev–Trinajstić information content (AvgIpc) is 2.11. The molecule has 15 heavy (non-hydrogen) atoms. The Morgan fingerprint density at radius 1 is 1.40 bits per heavy atom. The zero-order valence-electron chi connectivity index (χ0n) is 10.9. The minimum atomic E-state index is 0.142. The molecule has 1 aliphatic heterocycles. The second kappa shape index (κ2) is 4.40. The van der Waals surface area contributed by atoms with Crippen molar-refractivity contribution in [2.45, 2.75) is 65.8 Å². The second-order valence-corrected chi connectivity index (χ2v) is 6.44. The molecule has 0 saturated carbocycles. The summed E-state index contributed by atoms with van der Waals surface area (Å²) in [6, 6.07) is 0. The molecule has 88 valence electrons. The highest BCUT2D eigenvalue weighted by Gasteiger charge is 2.43. The van der Waals surface area contributed by atoms with Crippen molar-refractivity contribution in [1.82, 2.24) is 4.90 Å². The van der Waals surface area contributed by atoms with Gasteiger partial charge in [-0.2, -0.15) is 0 Å². The van der Waals surface area contributed by atoms with Crippen LogP contribution in [0, 0.1) is 5.41 Å². The number of thiocarbonyl (C=S) groups is 1.